The zero-order chi connectivity index (χ0) is 13.7. The number of rotatable bonds is 5. The molecule has 108 valence electrons. The Morgan fingerprint density at radius 3 is 3.00 bits per heavy atom. The molecule has 19 heavy (non-hydrogen) atoms. The third kappa shape index (κ3) is 3.91. The molecular weight excluding hydrogens is 246 g/mol. The SMILES string of the molecule is CCCNC1COCC1C(=O)NC1CCC(=O)NC1. The van der Waals surface area contributed by atoms with E-state index in [9.17, 15) is 9.59 Å². The summed E-state index contributed by atoms with van der Waals surface area (Å²) in [6, 6.07) is 0.163. The number of ether oxygens (including phenoxy) is 1. The van der Waals surface area contributed by atoms with Gasteiger partial charge in [0.2, 0.25) is 11.8 Å². The number of amides is 2. The predicted octanol–water partition coefficient (Wildman–Crippen LogP) is -0.604. The first-order valence-corrected chi connectivity index (χ1v) is 7.09. The lowest BCUT2D eigenvalue weighted by Gasteiger charge is -2.26. The van der Waals surface area contributed by atoms with Crippen LogP contribution in [-0.2, 0) is 14.3 Å². The van der Waals surface area contributed by atoms with E-state index in [4.69, 9.17) is 4.74 Å². The molecule has 0 radical (unpaired) electrons. The summed E-state index contributed by atoms with van der Waals surface area (Å²) in [5.41, 5.74) is 0. The maximum Gasteiger partial charge on any atom is 0.227 e. The molecule has 0 saturated carbocycles. The summed E-state index contributed by atoms with van der Waals surface area (Å²) >= 11 is 0. The fourth-order valence-electron chi connectivity index (χ4n) is 2.51. The second-order valence-electron chi connectivity index (χ2n) is 5.25. The van der Waals surface area contributed by atoms with Gasteiger partial charge in [-0.25, -0.2) is 0 Å². The quantitative estimate of drug-likeness (QED) is 0.622. The Balaban J connectivity index is 1.79. The topological polar surface area (TPSA) is 79.5 Å². The molecule has 0 spiro atoms. The van der Waals surface area contributed by atoms with Gasteiger partial charge in [-0.2, -0.15) is 0 Å². The van der Waals surface area contributed by atoms with Gasteiger partial charge in [0, 0.05) is 25.0 Å². The van der Waals surface area contributed by atoms with Gasteiger partial charge in [-0.1, -0.05) is 6.92 Å². The molecular formula is C13H23N3O3. The fraction of sp³-hybridized carbons (Fsp3) is 0.846. The number of carbonyl (C=O) groups is 2. The van der Waals surface area contributed by atoms with Crippen LogP contribution in [0.15, 0.2) is 0 Å². The maximum absolute atomic E-state index is 12.2. The minimum Gasteiger partial charge on any atom is -0.379 e. The van der Waals surface area contributed by atoms with Gasteiger partial charge in [0.05, 0.1) is 19.1 Å². The molecule has 0 aromatic carbocycles. The van der Waals surface area contributed by atoms with Gasteiger partial charge in [0.15, 0.2) is 0 Å². The predicted molar refractivity (Wildman–Crippen MR) is 70.6 cm³/mol. The monoisotopic (exact) mass is 269 g/mol. The number of hydrogen-bond donors (Lipinski definition) is 3. The van der Waals surface area contributed by atoms with Gasteiger partial charge in [0.1, 0.15) is 0 Å². The number of carbonyl (C=O) groups excluding carboxylic acids is 2. The van der Waals surface area contributed by atoms with Gasteiger partial charge in [-0.15, -0.1) is 0 Å². The van der Waals surface area contributed by atoms with Crippen LogP contribution >= 0.6 is 0 Å². The molecule has 2 saturated heterocycles. The van der Waals surface area contributed by atoms with Crippen molar-refractivity contribution in [2.45, 2.75) is 38.3 Å². The molecule has 2 aliphatic heterocycles. The van der Waals surface area contributed by atoms with Crippen molar-refractivity contribution in [3.63, 3.8) is 0 Å². The molecule has 2 amide bonds. The smallest absolute Gasteiger partial charge is 0.227 e. The number of piperidine rings is 1. The molecule has 3 atom stereocenters. The van der Waals surface area contributed by atoms with Crippen molar-refractivity contribution in [1.82, 2.24) is 16.0 Å². The zero-order valence-corrected chi connectivity index (χ0v) is 11.4. The molecule has 3 N–H and O–H groups in total. The summed E-state index contributed by atoms with van der Waals surface area (Å²) in [4.78, 5) is 23.3. The van der Waals surface area contributed by atoms with Crippen molar-refractivity contribution >= 4 is 11.8 Å². The first-order valence-electron chi connectivity index (χ1n) is 7.09. The van der Waals surface area contributed by atoms with E-state index in [1.54, 1.807) is 0 Å². The lowest BCUT2D eigenvalue weighted by atomic mass is 10.0. The molecule has 6 heteroatoms. The summed E-state index contributed by atoms with van der Waals surface area (Å²) in [6.07, 6.45) is 2.25. The van der Waals surface area contributed by atoms with E-state index in [2.05, 4.69) is 22.9 Å². The molecule has 3 unspecified atom stereocenters. The first kappa shape index (κ1) is 14.3. The van der Waals surface area contributed by atoms with Gasteiger partial charge < -0.3 is 20.7 Å². The average Bonchev–Trinajstić information content (AvgIpc) is 2.87. The Bertz CT molecular complexity index is 325. The Hall–Kier alpha value is -1.14. The second-order valence-corrected chi connectivity index (χ2v) is 5.25. The fourth-order valence-corrected chi connectivity index (χ4v) is 2.51. The summed E-state index contributed by atoms with van der Waals surface area (Å²) < 4.78 is 5.40. The Morgan fingerprint density at radius 1 is 1.47 bits per heavy atom. The van der Waals surface area contributed by atoms with Crippen LogP contribution in [0, 0.1) is 5.92 Å². The van der Waals surface area contributed by atoms with E-state index in [0.717, 1.165) is 19.4 Å². The van der Waals surface area contributed by atoms with Crippen molar-refractivity contribution in [3.05, 3.63) is 0 Å². The largest absolute Gasteiger partial charge is 0.379 e. The van der Waals surface area contributed by atoms with Crippen LogP contribution in [0.5, 0.6) is 0 Å². The molecule has 0 bridgehead atoms. The van der Waals surface area contributed by atoms with Crippen molar-refractivity contribution in [1.29, 1.82) is 0 Å². The lowest BCUT2D eigenvalue weighted by molar-refractivity contribution is -0.128. The van der Waals surface area contributed by atoms with E-state index in [-0.39, 0.29) is 29.8 Å². The van der Waals surface area contributed by atoms with E-state index < -0.39 is 0 Å². The second kappa shape index (κ2) is 6.86. The maximum atomic E-state index is 12.2. The van der Waals surface area contributed by atoms with Crippen LogP contribution in [-0.4, -0.2) is 50.2 Å². The lowest BCUT2D eigenvalue weighted by Crippen LogP contribution is -2.52. The highest BCUT2D eigenvalue weighted by molar-refractivity contribution is 5.81. The van der Waals surface area contributed by atoms with E-state index in [1.165, 1.54) is 0 Å². The van der Waals surface area contributed by atoms with Crippen molar-refractivity contribution in [2.75, 3.05) is 26.3 Å². The molecule has 2 rings (SSSR count). The highest BCUT2D eigenvalue weighted by atomic mass is 16.5. The summed E-state index contributed by atoms with van der Waals surface area (Å²) in [5.74, 6) is -0.0198. The molecule has 0 aromatic rings. The minimum absolute atomic E-state index is 0.0345. The minimum atomic E-state index is -0.121. The Kier molecular flexibility index (Phi) is 5.15. The normalized spacial score (nSPS) is 31.0. The van der Waals surface area contributed by atoms with Crippen LogP contribution in [0.1, 0.15) is 26.2 Å². The summed E-state index contributed by atoms with van der Waals surface area (Å²) in [6.45, 7) is 4.61. The third-order valence-corrected chi connectivity index (χ3v) is 3.69. The van der Waals surface area contributed by atoms with Crippen LogP contribution < -0.4 is 16.0 Å². The van der Waals surface area contributed by atoms with Crippen molar-refractivity contribution in [3.8, 4) is 0 Å². The highest BCUT2D eigenvalue weighted by Gasteiger charge is 2.34. The van der Waals surface area contributed by atoms with Gasteiger partial charge in [-0.3, -0.25) is 9.59 Å². The van der Waals surface area contributed by atoms with Crippen molar-refractivity contribution < 1.29 is 14.3 Å². The molecule has 0 aromatic heterocycles. The zero-order valence-electron chi connectivity index (χ0n) is 11.4. The summed E-state index contributed by atoms with van der Waals surface area (Å²) in [7, 11) is 0. The van der Waals surface area contributed by atoms with Gasteiger partial charge in [-0.05, 0) is 19.4 Å². The average molecular weight is 269 g/mol. The van der Waals surface area contributed by atoms with Gasteiger partial charge in [0.25, 0.3) is 0 Å². The van der Waals surface area contributed by atoms with Crippen LogP contribution in [0.3, 0.4) is 0 Å². The number of nitrogens with one attached hydrogen (secondary N) is 3. The molecule has 0 aliphatic carbocycles. The molecule has 2 heterocycles. The third-order valence-electron chi connectivity index (χ3n) is 3.69. The summed E-state index contributed by atoms with van der Waals surface area (Å²) in [5, 5.41) is 9.14. The first-order chi connectivity index (χ1) is 9.20. The Morgan fingerprint density at radius 2 is 2.32 bits per heavy atom. The van der Waals surface area contributed by atoms with Crippen LogP contribution in [0.4, 0.5) is 0 Å². The molecule has 2 fully saturated rings. The number of hydrogen-bond acceptors (Lipinski definition) is 4. The molecule has 2 aliphatic rings. The molecule has 6 nitrogen and oxygen atoms in total. The van der Waals surface area contributed by atoms with E-state index >= 15 is 0 Å². The van der Waals surface area contributed by atoms with Gasteiger partial charge >= 0.3 is 0 Å². The van der Waals surface area contributed by atoms with Crippen LogP contribution in [0.2, 0.25) is 0 Å². The van der Waals surface area contributed by atoms with Crippen LogP contribution in [0.25, 0.3) is 0 Å². The standard InChI is InChI=1S/C13H23N3O3/c1-2-5-14-11-8-19-7-10(11)13(18)16-9-3-4-12(17)15-6-9/h9-11,14H,2-8H2,1H3,(H,15,17)(H,16,18). The Labute approximate surface area is 113 Å². The van der Waals surface area contributed by atoms with E-state index in [1.807, 2.05) is 0 Å². The highest BCUT2D eigenvalue weighted by Crippen LogP contribution is 2.15. The van der Waals surface area contributed by atoms with Crippen molar-refractivity contribution in [2.24, 2.45) is 5.92 Å². The van der Waals surface area contributed by atoms with E-state index in [0.29, 0.717) is 26.2 Å².